The predicted molar refractivity (Wildman–Crippen MR) is 44.2 cm³/mol. The third kappa shape index (κ3) is 1.34. The summed E-state index contributed by atoms with van der Waals surface area (Å²) in [5.74, 6) is -0.514. The van der Waals surface area contributed by atoms with Crippen molar-refractivity contribution in [1.29, 1.82) is 0 Å². The minimum Gasteiger partial charge on any atom is -0.386 e. The molecule has 3 nitrogen and oxygen atoms in total. The number of aliphatic hydroxyl groups excluding tert-OH is 2. The molecule has 1 heterocycles. The highest BCUT2D eigenvalue weighted by atomic mass is 19.1. The van der Waals surface area contributed by atoms with Gasteiger partial charge in [0.05, 0.1) is 11.9 Å². The summed E-state index contributed by atoms with van der Waals surface area (Å²) in [6, 6.07) is 1.18. The van der Waals surface area contributed by atoms with Crippen LogP contribution in [0, 0.1) is 5.82 Å². The second kappa shape index (κ2) is 2.90. The van der Waals surface area contributed by atoms with Crippen LogP contribution in [0.4, 0.5) is 4.39 Å². The number of fused-ring (bicyclic) bond motifs is 1. The van der Waals surface area contributed by atoms with Crippen molar-refractivity contribution in [3.05, 3.63) is 35.4 Å². The fraction of sp³-hybridized carbons (Fsp3) is 0.222. The van der Waals surface area contributed by atoms with Gasteiger partial charge in [-0.3, -0.25) is 4.98 Å². The molecule has 2 atom stereocenters. The molecule has 0 amide bonds. The Hall–Kier alpha value is -1.26. The lowest BCUT2D eigenvalue weighted by Crippen LogP contribution is -2.20. The molecule has 0 radical (unpaired) electrons. The Morgan fingerprint density at radius 2 is 2.15 bits per heavy atom. The molecule has 1 aromatic heterocycles. The molecule has 2 N–H and O–H groups in total. The van der Waals surface area contributed by atoms with Gasteiger partial charge in [-0.15, -0.1) is 0 Å². The molecule has 1 aliphatic carbocycles. The van der Waals surface area contributed by atoms with Crippen molar-refractivity contribution in [2.24, 2.45) is 0 Å². The summed E-state index contributed by atoms with van der Waals surface area (Å²) in [6.45, 7) is 0. The van der Waals surface area contributed by atoms with E-state index in [1.165, 1.54) is 12.1 Å². The Morgan fingerprint density at radius 3 is 2.92 bits per heavy atom. The number of aromatic nitrogens is 1. The number of pyridine rings is 1. The highest BCUT2D eigenvalue weighted by Gasteiger charge is 2.23. The van der Waals surface area contributed by atoms with Crippen molar-refractivity contribution in [2.75, 3.05) is 0 Å². The van der Waals surface area contributed by atoms with Gasteiger partial charge in [0.25, 0.3) is 0 Å². The van der Waals surface area contributed by atoms with E-state index in [9.17, 15) is 14.6 Å². The average Bonchev–Trinajstić information content (AvgIpc) is 2.12. The van der Waals surface area contributed by atoms with Crippen LogP contribution in [0.2, 0.25) is 0 Å². The molecular weight excluding hydrogens is 173 g/mol. The number of halogens is 1. The zero-order chi connectivity index (χ0) is 9.42. The van der Waals surface area contributed by atoms with Gasteiger partial charge in [-0.05, 0) is 12.1 Å². The molecule has 0 unspecified atom stereocenters. The SMILES string of the molecule is O[C@H]1C=Cc2ncc(F)cc2[C@@H]1O. The first-order valence-corrected chi connectivity index (χ1v) is 3.88. The molecule has 1 aromatic rings. The lowest BCUT2D eigenvalue weighted by Gasteiger charge is -2.20. The molecule has 4 heteroatoms. The third-order valence-electron chi connectivity index (χ3n) is 2.01. The van der Waals surface area contributed by atoms with Crippen molar-refractivity contribution >= 4 is 6.08 Å². The Balaban J connectivity index is 2.54. The molecule has 0 fully saturated rings. The molecule has 1 aliphatic rings. The summed E-state index contributed by atoms with van der Waals surface area (Å²) in [5.41, 5.74) is 0.828. The zero-order valence-electron chi connectivity index (χ0n) is 6.68. The van der Waals surface area contributed by atoms with Crippen molar-refractivity contribution in [1.82, 2.24) is 4.98 Å². The summed E-state index contributed by atoms with van der Waals surface area (Å²) < 4.78 is 12.7. The van der Waals surface area contributed by atoms with Gasteiger partial charge in [0, 0.05) is 5.56 Å². The summed E-state index contributed by atoms with van der Waals surface area (Å²) in [5, 5.41) is 18.7. The van der Waals surface area contributed by atoms with Gasteiger partial charge in [-0.25, -0.2) is 4.39 Å². The highest BCUT2D eigenvalue weighted by Crippen LogP contribution is 2.26. The molecule has 0 saturated heterocycles. The molecule has 0 saturated carbocycles. The topological polar surface area (TPSA) is 53.4 Å². The van der Waals surface area contributed by atoms with Gasteiger partial charge in [0.2, 0.25) is 0 Å². The lowest BCUT2D eigenvalue weighted by atomic mass is 9.97. The summed E-state index contributed by atoms with van der Waals surface area (Å²) in [7, 11) is 0. The van der Waals surface area contributed by atoms with Gasteiger partial charge in [-0.2, -0.15) is 0 Å². The molecule has 2 rings (SSSR count). The highest BCUT2D eigenvalue weighted by molar-refractivity contribution is 5.54. The minimum absolute atomic E-state index is 0.329. The van der Waals surface area contributed by atoms with Gasteiger partial charge in [-0.1, -0.05) is 6.08 Å². The number of hydrogen-bond acceptors (Lipinski definition) is 3. The minimum atomic E-state index is -1.08. The van der Waals surface area contributed by atoms with E-state index in [0.29, 0.717) is 11.3 Å². The first-order valence-electron chi connectivity index (χ1n) is 3.88. The average molecular weight is 181 g/mol. The number of rotatable bonds is 0. The fourth-order valence-electron chi connectivity index (χ4n) is 1.32. The van der Waals surface area contributed by atoms with E-state index in [1.54, 1.807) is 6.08 Å². The van der Waals surface area contributed by atoms with E-state index in [4.69, 9.17) is 0 Å². The summed E-state index contributed by atoms with van der Waals surface area (Å²) in [4.78, 5) is 3.77. The van der Waals surface area contributed by atoms with Crippen LogP contribution in [0.25, 0.3) is 6.08 Å². The van der Waals surface area contributed by atoms with Crippen LogP contribution in [0.5, 0.6) is 0 Å². The van der Waals surface area contributed by atoms with E-state index in [1.807, 2.05) is 0 Å². The lowest BCUT2D eigenvalue weighted by molar-refractivity contribution is 0.0464. The first kappa shape index (κ1) is 8.34. The quantitative estimate of drug-likeness (QED) is 0.617. The molecule has 13 heavy (non-hydrogen) atoms. The third-order valence-corrected chi connectivity index (χ3v) is 2.01. The normalized spacial score (nSPS) is 25.8. The van der Waals surface area contributed by atoms with Crippen LogP contribution in [0.3, 0.4) is 0 Å². The van der Waals surface area contributed by atoms with Crippen LogP contribution in [0.1, 0.15) is 17.4 Å². The first-order chi connectivity index (χ1) is 6.18. The predicted octanol–water partition coefficient (Wildman–Crippen LogP) is 0.642. The fourth-order valence-corrected chi connectivity index (χ4v) is 1.32. The molecule has 0 bridgehead atoms. The zero-order valence-corrected chi connectivity index (χ0v) is 6.68. The second-order valence-corrected chi connectivity index (χ2v) is 2.92. The molecule has 0 aliphatic heterocycles. The van der Waals surface area contributed by atoms with Crippen molar-refractivity contribution in [3.63, 3.8) is 0 Å². The van der Waals surface area contributed by atoms with E-state index >= 15 is 0 Å². The van der Waals surface area contributed by atoms with Crippen LogP contribution in [-0.2, 0) is 0 Å². The molecule has 0 spiro atoms. The number of nitrogens with zero attached hydrogens (tertiary/aromatic N) is 1. The van der Waals surface area contributed by atoms with E-state index in [-0.39, 0.29) is 0 Å². The number of aliphatic hydroxyl groups is 2. The molecule has 0 aromatic carbocycles. The largest absolute Gasteiger partial charge is 0.386 e. The van der Waals surface area contributed by atoms with Crippen LogP contribution in [0.15, 0.2) is 18.3 Å². The van der Waals surface area contributed by atoms with Gasteiger partial charge >= 0.3 is 0 Å². The van der Waals surface area contributed by atoms with E-state index in [2.05, 4.69) is 4.98 Å². The maximum Gasteiger partial charge on any atom is 0.141 e. The molecule has 68 valence electrons. The van der Waals surface area contributed by atoms with Crippen LogP contribution >= 0.6 is 0 Å². The van der Waals surface area contributed by atoms with Crippen LogP contribution < -0.4 is 0 Å². The van der Waals surface area contributed by atoms with E-state index in [0.717, 1.165) is 6.20 Å². The monoisotopic (exact) mass is 181 g/mol. The maximum absolute atomic E-state index is 12.7. The number of hydrogen-bond donors (Lipinski definition) is 2. The van der Waals surface area contributed by atoms with Gasteiger partial charge in [0.15, 0.2) is 0 Å². The van der Waals surface area contributed by atoms with Gasteiger partial charge in [0.1, 0.15) is 18.0 Å². The van der Waals surface area contributed by atoms with Crippen LogP contribution in [-0.4, -0.2) is 21.3 Å². The van der Waals surface area contributed by atoms with Crippen molar-refractivity contribution in [3.8, 4) is 0 Å². The smallest absolute Gasteiger partial charge is 0.141 e. The Morgan fingerprint density at radius 1 is 1.38 bits per heavy atom. The standard InChI is InChI=1S/C9H8FNO2/c10-5-3-6-7(11-4-5)1-2-8(12)9(6)13/h1-4,8-9,12-13H/t8-,9-/m0/s1. The molecular formula is C9H8FNO2. The van der Waals surface area contributed by atoms with Crippen molar-refractivity contribution < 1.29 is 14.6 Å². The van der Waals surface area contributed by atoms with E-state index < -0.39 is 18.0 Å². The van der Waals surface area contributed by atoms with Crippen molar-refractivity contribution in [2.45, 2.75) is 12.2 Å². The van der Waals surface area contributed by atoms with Gasteiger partial charge < -0.3 is 10.2 Å². The maximum atomic E-state index is 12.7. The summed E-state index contributed by atoms with van der Waals surface area (Å²) >= 11 is 0. The summed E-state index contributed by atoms with van der Waals surface area (Å²) in [6.07, 6.45) is 2.01. The Kier molecular flexibility index (Phi) is 1.86. The Bertz CT molecular complexity index is 365. The Labute approximate surface area is 74.2 Å². The second-order valence-electron chi connectivity index (χ2n) is 2.92.